The number of carbonyl (C=O) groups excluding carboxylic acids is 1. The zero-order valence-electron chi connectivity index (χ0n) is 10.4. The van der Waals surface area contributed by atoms with E-state index < -0.39 is 0 Å². The van der Waals surface area contributed by atoms with Gasteiger partial charge in [-0.15, -0.1) is 0 Å². The molecule has 0 saturated carbocycles. The fourth-order valence-corrected chi connectivity index (χ4v) is 1.83. The van der Waals surface area contributed by atoms with E-state index >= 15 is 0 Å². The van der Waals surface area contributed by atoms with Gasteiger partial charge in [0.2, 0.25) is 0 Å². The minimum absolute atomic E-state index is 0.285. The Balaban J connectivity index is 1.85. The van der Waals surface area contributed by atoms with Crippen LogP contribution in [-0.4, -0.2) is 24.1 Å². The van der Waals surface area contributed by atoms with E-state index in [9.17, 15) is 4.79 Å². The first-order valence-electron chi connectivity index (χ1n) is 5.98. The Morgan fingerprint density at radius 1 is 1.22 bits per heavy atom. The third kappa shape index (κ3) is 3.00. The summed E-state index contributed by atoms with van der Waals surface area (Å²) in [6.07, 6.45) is 0.492. The lowest BCUT2D eigenvalue weighted by Gasteiger charge is -2.28. The van der Waals surface area contributed by atoms with Gasteiger partial charge in [-0.1, -0.05) is 43.5 Å². The average Bonchev–Trinajstić information content (AvgIpc) is 2.40. The fourth-order valence-electron chi connectivity index (χ4n) is 1.83. The van der Waals surface area contributed by atoms with Crippen molar-refractivity contribution in [3.05, 3.63) is 60.2 Å². The van der Waals surface area contributed by atoms with Gasteiger partial charge in [-0.3, -0.25) is 0 Å². The van der Waals surface area contributed by atoms with Crippen LogP contribution in [0.4, 0.5) is 4.79 Å². The number of hydrogen-bond donors (Lipinski definition) is 0. The van der Waals surface area contributed by atoms with Gasteiger partial charge < -0.3 is 9.64 Å². The van der Waals surface area contributed by atoms with E-state index in [1.54, 1.807) is 4.90 Å². The Labute approximate surface area is 107 Å². The summed E-state index contributed by atoms with van der Waals surface area (Å²) < 4.78 is 5.27. The second-order valence-electron chi connectivity index (χ2n) is 4.42. The van der Waals surface area contributed by atoms with E-state index in [0.29, 0.717) is 19.7 Å². The Morgan fingerprint density at radius 2 is 1.94 bits per heavy atom. The van der Waals surface area contributed by atoms with Gasteiger partial charge in [-0.05, 0) is 23.1 Å². The lowest BCUT2D eigenvalue weighted by Crippen LogP contribution is -2.37. The summed E-state index contributed by atoms with van der Waals surface area (Å²) >= 11 is 0. The van der Waals surface area contributed by atoms with Gasteiger partial charge in [0.15, 0.2) is 0 Å². The van der Waals surface area contributed by atoms with Crippen molar-refractivity contribution in [2.75, 3.05) is 13.1 Å². The molecule has 3 heteroatoms. The van der Waals surface area contributed by atoms with Crippen molar-refractivity contribution in [1.29, 1.82) is 0 Å². The van der Waals surface area contributed by atoms with E-state index in [0.717, 1.165) is 23.1 Å². The molecule has 1 heterocycles. The van der Waals surface area contributed by atoms with E-state index in [-0.39, 0.29) is 6.09 Å². The summed E-state index contributed by atoms with van der Waals surface area (Å²) in [7, 11) is 0. The summed E-state index contributed by atoms with van der Waals surface area (Å²) in [5.74, 6) is 0. The van der Waals surface area contributed by atoms with Crippen LogP contribution >= 0.6 is 0 Å². The predicted octanol–water partition coefficient (Wildman–Crippen LogP) is 3.14. The number of rotatable bonds is 2. The van der Waals surface area contributed by atoms with Crippen LogP contribution in [0.5, 0.6) is 0 Å². The molecule has 2 rings (SSSR count). The van der Waals surface area contributed by atoms with Crippen LogP contribution in [0.15, 0.2) is 54.6 Å². The third-order valence-electron chi connectivity index (χ3n) is 3.03. The molecule has 0 spiro atoms. The molecule has 1 aromatic carbocycles. The normalized spacial score (nSPS) is 15.7. The van der Waals surface area contributed by atoms with Gasteiger partial charge in [0.1, 0.15) is 6.61 Å². The summed E-state index contributed by atoms with van der Waals surface area (Å²) in [5.41, 5.74) is 2.94. The van der Waals surface area contributed by atoms with Crippen molar-refractivity contribution in [1.82, 2.24) is 4.90 Å². The highest BCUT2D eigenvalue weighted by Crippen LogP contribution is 2.19. The first-order chi connectivity index (χ1) is 8.66. The minimum Gasteiger partial charge on any atom is -0.445 e. The van der Waals surface area contributed by atoms with E-state index in [4.69, 9.17) is 4.74 Å². The Kier molecular flexibility index (Phi) is 3.82. The van der Waals surface area contributed by atoms with Gasteiger partial charge >= 0.3 is 6.09 Å². The van der Waals surface area contributed by atoms with Crippen LogP contribution in [-0.2, 0) is 11.3 Å². The maximum Gasteiger partial charge on any atom is 0.410 e. The SMILES string of the molecule is C=C1CCN(C(=O)OCc2ccccc2)CC1=C. The lowest BCUT2D eigenvalue weighted by atomic mass is 10.0. The first-order valence-corrected chi connectivity index (χ1v) is 5.98. The molecule has 0 bridgehead atoms. The van der Waals surface area contributed by atoms with Crippen molar-refractivity contribution in [3.63, 3.8) is 0 Å². The molecule has 1 saturated heterocycles. The molecular formula is C15H17NO2. The highest BCUT2D eigenvalue weighted by atomic mass is 16.6. The summed E-state index contributed by atoms with van der Waals surface area (Å²) in [6.45, 7) is 9.29. The van der Waals surface area contributed by atoms with Gasteiger partial charge in [0.05, 0.1) is 0 Å². The standard InChI is InChI=1S/C15H17NO2/c1-12-8-9-16(10-13(12)2)15(17)18-11-14-6-4-3-5-7-14/h3-7H,1-2,8-11H2. The molecule has 1 aromatic rings. The van der Waals surface area contributed by atoms with Gasteiger partial charge in [0, 0.05) is 13.1 Å². The molecule has 1 aliphatic rings. The molecule has 1 aliphatic heterocycles. The molecule has 0 unspecified atom stereocenters. The maximum atomic E-state index is 11.9. The fraction of sp³-hybridized carbons (Fsp3) is 0.267. The Bertz CT molecular complexity index is 465. The molecule has 0 aromatic heterocycles. The molecular weight excluding hydrogens is 226 g/mol. The maximum absolute atomic E-state index is 11.9. The van der Waals surface area contributed by atoms with Crippen LogP contribution in [0.25, 0.3) is 0 Å². The first kappa shape index (κ1) is 12.4. The smallest absolute Gasteiger partial charge is 0.410 e. The second kappa shape index (κ2) is 5.54. The Hall–Kier alpha value is -2.03. The van der Waals surface area contributed by atoms with Crippen LogP contribution in [0, 0.1) is 0 Å². The quantitative estimate of drug-likeness (QED) is 0.798. The number of amides is 1. The predicted molar refractivity (Wildman–Crippen MR) is 71.1 cm³/mol. The monoisotopic (exact) mass is 243 g/mol. The van der Waals surface area contributed by atoms with Crippen molar-refractivity contribution in [2.24, 2.45) is 0 Å². The summed E-state index contributed by atoms with van der Waals surface area (Å²) in [6, 6.07) is 9.66. The number of carbonyl (C=O) groups is 1. The van der Waals surface area contributed by atoms with Gasteiger partial charge in [-0.2, -0.15) is 0 Å². The zero-order chi connectivity index (χ0) is 13.0. The topological polar surface area (TPSA) is 29.5 Å². The average molecular weight is 243 g/mol. The van der Waals surface area contributed by atoms with Crippen molar-refractivity contribution >= 4 is 6.09 Å². The minimum atomic E-state index is -0.285. The van der Waals surface area contributed by atoms with Crippen LogP contribution < -0.4 is 0 Å². The van der Waals surface area contributed by atoms with E-state index in [1.807, 2.05) is 30.3 Å². The molecule has 94 valence electrons. The molecule has 0 radical (unpaired) electrons. The summed E-state index contributed by atoms with van der Waals surface area (Å²) in [5, 5.41) is 0. The van der Waals surface area contributed by atoms with Gasteiger partial charge in [-0.25, -0.2) is 4.79 Å². The largest absolute Gasteiger partial charge is 0.445 e. The molecule has 0 atom stereocenters. The molecule has 0 N–H and O–H groups in total. The van der Waals surface area contributed by atoms with Crippen LogP contribution in [0.1, 0.15) is 12.0 Å². The number of ether oxygens (including phenoxy) is 1. The molecule has 0 aliphatic carbocycles. The number of likely N-dealkylation sites (tertiary alicyclic amines) is 1. The third-order valence-corrected chi connectivity index (χ3v) is 3.03. The highest BCUT2D eigenvalue weighted by Gasteiger charge is 2.21. The number of piperidine rings is 1. The molecule has 1 fully saturated rings. The van der Waals surface area contributed by atoms with Crippen molar-refractivity contribution in [2.45, 2.75) is 13.0 Å². The van der Waals surface area contributed by atoms with Crippen molar-refractivity contribution < 1.29 is 9.53 Å². The number of hydrogen-bond acceptors (Lipinski definition) is 2. The lowest BCUT2D eigenvalue weighted by molar-refractivity contribution is 0.0978. The second-order valence-corrected chi connectivity index (χ2v) is 4.42. The van der Waals surface area contributed by atoms with E-state index in [2.05, 4.69) is 13.2 Å². The number of benzene rings is 1. The molecule has 3 nitrogen and oxygen atoms in total. The molecule has 1 amide bonds. The highest BCUT2D eigenvalue weighted by molar-refractivity contribution is 5.68. The zero-order valence-corrected chi connectivity index (χ0v) is 10.4. The van der Waals surface area contributed by atoms with E-state index in [1.165, 1.54) is 0 Å². The van der Waals surface area contributed by atoms with Crippen LogP contribution in [0.2, 0.25) is 0 Å². The van der Waals surface area contributed by atoms with Gasteiger partial charge in [0.25, 0.3) is 0 Å². The molecule has 18 heavy (non-hydrogen) atoms. The number of nitrogens with zero attached hydrogens (tertiary/aromatic N) is 1. The van der Waals surface area contributed by atoms with Crippen LogP contribution in [0.3, 0.4) is 0 Å². The van der Waals surface area contributed by atoms with Crippen molar-refractivity contribution in [3.8, 4) is 0 Å². The summed E-state index contributed by atoms with van der Waals surface area (Å²) in [4.78, 5) is 13.5. The Morgan fingerprint density at radius 3 is 2.61 bits per heavy atom.